The summed E-state index contributed by atoms with van der Waals surface area (Å²) < 4.78 is 13.8. The second-order valence-electron chi connectivity index (χ2n) is 5.87. The van der Waals surface area contributed by atoms with Gasteiger partial charge in [0, 0.05) is 24.5 Å². The second kappa shape index (κ2) is 7.95. The van der Waals surface area contributed by atoms with E-state index in [9.17, 15) is 4.39 Å². The predicted octanol–water partition coefficient (Wildman–Crippen LogP) is 3.93. The molecule has 1 atom stereocenters. The number of hydrogen-bond acceptors (Lipinski definition) is 3. The van der Waals surface area contributed by atoms with Gasteiger partial charge in [0.1, 0.15) is 5.82 Å². The number of nitrogens with zero attached hydrogens (tertiary/aromatic N) is 1. The van der Waals surface area contributed by atoms with E-state index in [0.29, 0.717) is 0 Å². The van der Waals surface area contributed by atoms with E-state index in [1.807, 2.05) is 12.1 Å². The van der Waals surface area contributed by atoms with Crippen LogP contribution in [0.2, 0.25) is 0 Å². The molecule has 0 radical (unpaired) electrons. The largest absolute Gasteiger partial charge is 0.315 e. The summed E-state index contributed by atoms with van der Waals surface area (Å²) in [6.45, 7) is 4.04. The zero-order chi connectivity index (χ0) is 16.1. The molecule has 1 saturated heterocycles. The highest BCUT2D eigenvalue weighted by molar-refractivity contribution is 7.98. The highest BCUT2D eigenvalue weighted by Crippen LogP contribution is 2.30. The van der Waals surface area contributed by atoms with Crippen molar-refractivity contribution in [2.24, 2.45) is 0 Å². The standard InChI is InChI=1S/C19H23FN2S/c1-23-18-8-6-15(7-9-18)19(16-4-2-5-17(20)14-16)22-12-3-10-21-11-13-22/h2,4-9,14,19,21H,3,10-13H2,1H3. The summed E-state index contributed by atoms with van der Waals surface area (Å²) in [6.07, 6.45) is 3.20. The van der Waals surface area contributed by atoms with Crippen LogP contribution in [0, 0.1) is 5.82 Å². The van der Waals surface area contributed by atoms with Crippen molar-refractivity contribution < 1.29 is 4.39 Å². The Labute approximate surface area is 142 Å². The number of benzene rings is 2. The van der Waals surface area contributed by atoms with E-state index in [1.54, 1.807) is 17.8 Å². The lowest BCUT2D eigenvalue weighted by atomic mass is 9.96. The number of hydrogen-bond donors (Lipinski definition) is 1. The molecule has 1 aliphatic heterocycles. The molecule has 1 fully saturated rings. The third-order valence-electron chi connectivity index (χ3n) is 4.34. The maximum atomic E-state index is 13.8. The van der Waals surface area contributed by atoms with E-state index in [2.05, 4.69) is 40.7 Å². The van der Waals surface area contributed by atoms with Gasteiger partial charge in [0.25, 0.3) is 0 Å². The van der Waals surface area contributed by atoms with Crippen LogP contribution in [0.25, 0.3) is 0 Å². The van der Waals surface area contributed by atoms with E-state index in [1.165, 1.54) is 16.5 Å². The molecule has 1 N–H and O–H groups in total. The Morgan fingerprint density at radius 3 is 2.61 bits per heavy atom. The molecule has 2 nitrogen and oxygen atoms in total. The van der Waals surface area contributed by atoms with E-state index in [4.69, 9.17) is 0 Å². The van der Waals surface area contributed by atoms with Gasteiger partial charge in [0.05, 0.1) is 6.04 Å². The first-order valence-corrected chi connectivity index (χ1v) is 9.34. The Bertz CT molecular complexity index is 622. The van der Waals surface area contributed by atoms with Crippen LogP contribution in [-0.4, -0.2) is 37.3 Å². The Balaban J connectivity index is 1.97. The molecule has 0 saturated carbocycles. The first-order valence-electron chi connectivity index (χ1n) is 8.12. The van der Waals surface area contributed by atoms with Gasteiger partial charge in [-0.2, -0.15) is 0 Å². The molecule has 0 spiro atoms. The Kier molecular flexibility index (Phi) is 5.70. The Morgan fingerprint density at radius 1 is 1.04 bits per heavy atom. The molecule has 1 heterocycles. The Morgan fingerprint density at radius 2 is 1.87 bits per heavy atom. The zero-order valence-electron chi connectivity index (χ0n) is 13.5. The molecule has 1 unspecified atom stereocenters. The fraction of sp³-hybridized carbons (Fsp3) is 0.368. The van der Waals surface area contributed by atoms with Gasteiger partial charge in [-0.25, -0.2) is 4.39 Å². The summed E-state index contributed by atoms with van der Waals surface area (Å²) in [5, 5.41) is 3.45. The summed E-state index contributed by atoms with van der Waals surface area (Å²) in [4.78, 5) is 3.72. The van der Waals surface area contributed by atoms with Crippen molar-refractivity contribution in [3.05, 3.63) is 65.5 Å². The molecule has 122 valence electrons. The van der Waals surface area contributed by atoms with E-state index in [0.717, 1.165) is 38.2 Å². The second-order valence-corrected chi connectivity index (χ2v) is 6.75. The smallest absolute Gasteiger partial charge is 0.123 e. The van der Waals surface area contributed by atoms with Crippen LogP contribution in [-0.2, 0) is 0 Å². The lowest BCUT2D eigenvalue weighted by Gasteiger charge is -2.31. The number of halogens is 1. The molecule has 3 rings (SSSR count). The third kappa shape index (κ3) is 4.14. The maximum absolute atomic E-state index is 13.8. The summed E-state index contributed by atoms with van der Waals surface area (Å²) in [6, 6.07) is 15.8. The van der Waals surface area contributed by atoms with Crippen molar-refractivity contribution in [1.29, 1.82) is 0 Å². The molecule has 0 aromatic heterocycles. The SMILES string of the molecule is CSc1ccc(C(c2cccc(F)c2)N2CCCNCC2)cc1. The summed E-state index contributed by atoms with van der Waals surface area (Å²) in [7, 11) is 0. The van der Waals surface area contributed by atoms with Gasteiger partial charge in [-0.1, -0.05) is 24.3 Å². The van der Waals surface area contributed by atoms with Gasteiger partial charge in [-0.3, -0.25) is 4.90 Å². The molecule has 4 heteroatoms. The number of nitrogens with one attached hydrogen (secondary N) is 1. The monoisotopic (exact) mass is 330 g/mol. The quantitative estimate of drug-likeness (QED) is 0.855. The molecule has 2 aromatic rings. The fourth-order valence-corrected chi connectivity index (χ4v) is 3.61. The van der Waals surface area contributed by atoms with Crippen LogP contribution in [0.15, 0.2) is 53.4 Å². The summed E-state index contributed by atoms with van der Waals surface area (Å²) in [5.74, 6) is -0.166. The van der Waals surface area contributed by atoms with Gasteiger partial charge in [-0.15, -0.1) is 11.8 Å². The average molecular weight is 330 g/mol. The fourth-order valence-electron chi connectivity index (χ4n) is 3.20. The van der Waals surface area contributed by atoms with Crippen LogP contribution < -0.4 is 5.32 Å². The summed E-state index contributed by atoms with van der Waals surface area (Å²) in [5.41, 5.74) is 2.26. The molecular formula is C19H23FN2S. The molecule has 1 aliphatic rings. The first-order chi connectivity index (χ1) is 11.3. The van der Waals surface area contributed by atoms with Gasteiger partial charge in [-0.05, 0) is 54.6 Å². The van der Waals surface area contributed by atoms with Crippen molar-refractivity contribution >= 4 is 11.8 Å². The molecular weight excluding hydrogens is 307 g/mol. The van der Waals surface area contributed by atoms with Crippen molar-refractivity contribution in [2.75, 3.05) is 32.4 Å². The first kappa shape index (κ1) is 16.5. The van der Waals surface area contributed by atoms with E-state index in [-0.39, 0.29) is 11.9 Å². The van der Waals surface area contributed by atoms with Crippen molar-refractivity contribution in [3.8, 4) is 0 Å². The molecule has 0 bridgehead atoms. The predicted molar refractivity (Wildman–Crippen MR) is 95.5 cm³/mol. The summed E-state index contributed by atoms with van der Waals surface area (Å²) >= 11 is 1.74. The normalized spacial score (nSPS) is 17.7. The van der Waals surface area contributed by atoms with E-state index >= 15 is 0 Å². The average Bonchev–Trinajstić information content (AvgIpc) is 2.85. The van der Waals surface area contributed by atoms with Crippen molar-refractivity contribution in [3.63, 3.8) is 0 Å². The van der Waals surface area contributed by atoms with Crippen LogP contribution in [0.1, 0.15) is 23.6 Å². The minimum Gasteiger partial charge on any atom is -0.315 e. The molecule has 23 heavy (non-hydrogen) atoms. The van der Waals surface area contributed by atoms with Gasteiger partial charge < -0.3 is 5.32 Å². The van der Waals surface area contributed by atoms with Crippen molar-refractivity contribution in [1.82, 2.24) is 10.2 Å². The number of rotatable bonds is 4. The third-order valence-corrected chi connectivity index (χ3v) is 5.08. The maximum Gasteiger partial charge on any atom is 0.123 e. The topological polar surface area (TPSA) is 15.3 Å². The lowest BCUT2D eigenvalue weighted by Crippen LogP contribution is -2.33. The van der Waals surface area contributed by atoms with Crippen LogP contribution in [0.3, 0.4) is 0 Å². The minimum absolute atomic E-state index is 0.113. The molecule has 2 aromatic carbocycles. The van der Waals surface area contributed by atoms with E-state index < -0.39 is 0 Å². The highest BCUT2D eigenvalue weighted by Gasteiger charge is 2.23. The zero-order valence-corrected chi connectivity index (χ0v) is 14.3. The highest BCUT2D eigenvalue weighted by atomic mass is 32.2. The van der Waals surface area contributed by atoms with Gasteiger partial charge in [0.2, 0.25) is 0 Å². The van der Waals surface area contributed by atoms with Crippen LogP contribution in [0.4, 0.5) is 4.39 Å². The van der Waals surface area contributed by atoms with Gasteiger partial charge >= 0.3 is 0 Å². The molecule has 0 amide bonds. The molecule has 0 aliphatic carbocycles. The van der Waals surface area contributed by atoms with Crippen LogP contribution in [0.5, 0.6) is 0 Å². The lowest BCUT2D eigenvalue weighted by molar-refractivity contribution is 0.240. The number of thioether (sulfide) groups is 1. The van der Waals surface area contributed by atoms with Crippen LogP contribution >= 0.6 is 11.8 Å². The van der Waals surface area contributed by atoms with Gasteiger partial charge in [0.15, 0.2) is 0 Å². The van der Waals surface area contributed by atoms with Crippen molar-refractivity contribution in [2.45, 2.75) is 17.4 Å². The minimum atomic E-state index is -0.166. The Hall–Kier alpha value is -1.36.